The van der Waals surface area contributed by atoms with Gasteiger partial charge in [0.15, 0.2) is 0 Å². The molecule has 0 unspecified atom stereocenters. The van der Waals surface area contributed by atoms with Crippen LogP contribution in [0.5, 0.6) is 11.5 Å². The summed E-state index contributed by atoms with van der Waals surface area (Å²) in [5.41, 5.74) is 1.04. The molecule has 1 rings (SSSR count). The molecule has 0 aliphatic carbocycles. The van der Waals surface area contributed by atoms with Crippen LogP contribution in [0, 0.1) is 0 Å². The number of aromatic hydroxyl groups is 2. The van der Waals surface area contributed by atoms with Gasteiger partial charge in [0, 0.05) is 6.07 Å². The molecule has 14 heavy (non-hydrogen) atoms. The van der Waals surface area contributed by atoms with E-state index in [2.05, 4.69) is 20.8 Å². The molecular weight excluding hydrogens is 176 g/mol. The van der Waals surface area contributed by atoms with Crippen LogP contribution in [0.4, 0.5) is 0 Å². The Morgan fingerprint density at radius 3 is 1.79 bits per heavy atom. The molecule has 1 aromatic rings. The first-order valence-corrected chi connectivity index (χ1v) is 5.05. The lowest BCUT2D eigenvalue weighted by Crippen LogP contribution is -2.19. The Kier molecular flexibility index (Phi) is 3.04. The molecule has 2 N–H and O–H groups in total. The summed E-state index contributed by atoms with van der Waals surface area (Å²) in [6.45, 7) is 6.37. The molecule has 78 valence electrons. The van der Waals surface area contributed by atoms with Crippen LogP contribution in [0.3, 0.4) is 0 Å². The van der Waals surface area contributed by atoms with Crippen LogP contribution in [-0.2, 0) is 5.41 Å². The quantitative estimate of drug-likeness (QED) is 0.775. The lowest BCUT2D eigenvalue weighted by atomic mass is 9.78. The summed E-state index contributed by atoms with van der Waals surface area (Å²) in [6.07, 6.45) is 1.98. The normalized spacial score (nSPS) is 11.6. The van der Waals surface area contributed by atoms with Crippen molar-refractivity contribution in [1.29, 1.82) is 0 Å². The van der Waals surface area contributed by atoms with E-state index in [9.17, 15) is 10.2 Å². The molecule has 2 heteroatoms. The molecule has 2 nitrogen and oxygen atoms in total. The Morgan fingerprint density at radius 2 is 1.43 bits per heavy atom. The van der Waals surface area contributed by atoms with Crippen LogP contribution in [0.1, 0.15) is 39.2 Å². The van der Waals surface area contributed by atoms with E-state index in [0.717, 1.165) is 18.4 Å². The summed E-state index contributed by atoms with van der Waals surface area (Å²) in [5, 5.41) is 18.8. The van der Waals surface area contributed by atoms with E-state index in [0.29, 0.717) is 0 Å². The van der Waals surface area contributed by atoms with Gasteiger partial charge in [-0.3, -0.25) is 0 Å². The van der Waals surface area contributed by atoms with Gasteiger partial charge in [-0.1, -0.05) is 20.8 Å². The van der Waals surface area contributed by atoms with Gasteiger partial charge < -0.3 is 10.2 Å². The predicted octanol–water partition coefficient (Wildman–Crippen LogP) is 3.18. The predicted molar refractivity (Wildman–Crippen MR) is 57.7 cm³/mol. The Balaban J connectivity index is 3.17. The molecule has 0 fully saturated rings. The van der Waals surface area contributed by atoms with E-state index in [4.69, 9.17) is 0 Å². The molecule has 0 atom stereocenters. The summed E-state index contributed by atoms with van der Waals surface area (Å²) in [5.74, 6) is 0.265. The average Bonchev–Trinajstić information content (AvgIpc) is 2.15. The third-order valence-electron chi connectivity index (χ3n) is 3.16. The maximum Gasteiger partial charge on any atom is 0.119 e. The second-order valence-corrected chi connectivity index (χ2v) is 4.01. The van der Waals surface area contributed by atoms with E-state index in [1.807, 2.05) is 0 Å². The van der Waals surface area contributed by atoms with Gasteiger partial charge in [0.05, 0.1) is 0 Å². The first kappa shape index (κ1) is 10.9. The highest BCUT2D eigenvalue weighted by Gasteiger charge is 2.23. The van der Waals surface area contributed by atoms with Crippen molar-refractivity contribution < 1.29 is 10.2 Å². The lowest BCUT2D eigenvalue weighted by molar-refractivity contribution is 0.417. The number of phenols is 2. The zero-order valence-corrected chi connectivity index (χ0v) is 9.04. The largest absolute Gasteiger partial charge is 0.508 e. The molecule has 0 spiro atoms. The zero-order valence-electron chi connectivity index (χ0n) is 9.04. The molecule has 0 saturated heterocycles. The fraction of sp³-hybridized carbons (Fsp3) is 0.500. The smallest absolute Gasteiger partial charge is 0.119 e. The summed E-state index contributed by atoms with van der Waals surface area (Å²) in [4.78, 5) is 0. The van der Waals surface area contributed by atoms with Crippen LogP contribution in [0.15, 0.2) is 18.2 Å². The Bertz CT molecular complexity index is 294. The van der Waals surface area contributed by atoms with Crippen molar-refractivity contribution in [3.8, 4) is 11.5 Å². The monoisotopic (exact) mass is 194 g/mol. The molecule has 0 amide bonds. The van der Waals surface area contributed by atoms with Crippen LogP contribution >= 0.6 is 0 Å². The highest BCUT2D eigenvalue weighted by molar-refractivity contribution is 5.40. The average molecular weight is 194 g/mol. The minimum atomic E-state index is 0.0379. The summed E-state index contributed by atoms with van der Waals surface area (Å²) in [7, 11) is 0. The molecule has 0 radical (unpaired) electrons. The number of hydrogen-bond donors (Lipinski definition) is 2. The SMILES string of the molecule is CCC(C)(CC)c1cc(O)cc(O)c1. The molecule has 0 heterocycles. The Morgan fingerprint density at radius 1 is 1.00 bits per heavy atom. The summed E-state index contributed by atoms with van der Waals surface area (Å²) >= 11 is 0. The minimum Gasteiger partial charge on any atom is -0.508 e. The van der Waals surface area contributed by atoms with Crippen molar-refractivity contribution in [2.45, 2.75) is 39.0 Å². The van der Waals surface area contributed by atoms with Crippen molar-refractivity contribution >= 4 is 0 Å². The van der Waals surface area contributed by atoms with Gasteiger partial charge >= 0.3 is 0 Å². The fourth-order valence-corrected chi connectivity index (χ4v) is 1.60. The Labute approximate surface area is 85.2 Å². The molecule has 1 aromatic carbocycles. The Hall–Kier alpha value is -1.18. The number of hydrogen-bond acceptors (Lipinski definition) is 2. The van der Waals surface area contributed by atoms with Crippen molar-refractivity contribution in [1.82, 2.24) is 0 Å². The van der Waals surface area contributed by atoms with Gasteiger partial charge in [-0.05, 0) is 36.0 Å². The molecule has 0 aliphatic rings. The second kappa shape index (κ2) is 3.91. The third kappa shape index (κ3) is 2.00. The van der Waals surface area contributed by atoms with E-state index in [1.165, 1.54) is 6.07 Å². The standard InChI is InChI=1S/C12H18O2/c1-4-12(3,5-2)9-6-10(13)8-11(14)7-9/h6-8,13-14H,4-5H2,1-3H3. The number of benzene rings is 1. The second-order valence-electron chi connectivity index (χ2n) is 4.01. The van der Waals surface area contributed by atoms with Crippen molar-refractivity contribution in [3.63, 3.8) is 0 Å². The fourth-order valence-electron chi connectivity index (χ4n) is 1.60. The van der Waals surface area contributed by atoms with E-state index in [-0.39, 0.29) is 16.9 Å². The van der Waals surface area contributed by atoms with Gasteiger partial charge in [-0.25, -0.2) is 0 Å². The van der Waals surface area contributed by atoms with Crippen molar-refractivity contribution in [2.24, 2.45) is 0 Å². The molecular formula is C12H18O2. The molecule has 0 aliphatic heterocycles. The third-order valence-corrected chi connectivity index (χ3v) is 3.16. The first-order valence-electron chi connectivity index (χ1n) is 5.05. The van der Waals surface area contributed by atoms with E-state index in [1.54, 1.807) is 12.1 Å². The van der Waals surface area contributed by atoms with Crippen LogP contribution in [-0.4, -0.2) is 10.2 Å². The maximum atomic E-state index is 9.39. The van der Waals surface area contributed by atoms with E-state index < -0.39 is 0 Å². The van der Waals surface area contributed by atoms with Crippen molar-refractivity contribution in [3.05, 3.63) is 23.8 Å². The van der Waals surface area contributed by atoms with Gasteiger partial charge in [0.2, 0.25) is 0 Å². The minimum absolute atomic E-state index is 0.0379. The van der Waals surface area contributed by atoms with Crippen molar-refractivity contribution in [2.75, 3.05) is 0 Å². The van der Waals surface area contributed by atoms with Gasteiger partial charge in [0.25, 0.3) is 0 Å². The highest BCUT2D eigenvalue weighted by atomic mass is 16.3. The first-order chi connectivity index (χ1) is 6.51. The van der Waals surface area contributed by atoms with Gasteiger partial charge in [-0.2, -0.15) is 0 Å². The lowest BCUT2D eigenvalue weighted by Gasteiger charge is -2.27. The number of rotatable bonds is 3. The number of phenolic OH excluding ortho intramolecular Hbond substituents is 2. The summed E-state index contributed by atoms with van der Waals surface area (Å²) < 4.78 is 0. The molecule has 0 saturated carbocycles. The topological polar surface area (TPSA) is 40.5 Å². The van der Waals surface area contributed by atoms with Gasteiger partial charge in [-0.15, -0.1) is 0 Å². The maximum absolute atomic E-state index is 9.39. The highest BCUT2D eigenvalue weighted by Crippen LogP contribution is 2.35. The van der Waals surface area contributed by atoms with Crippen LogP contribution in [0.2, 0.25) is 0 Å². The zero-order chi connectivity index (χ0) is 10.8. The van der Waals surface area contributed by atoms with E-state index >= 15 is 0 Å². The van der Waals surface area contributed by atoms with Crippen LogP contribution < -0.4 is 0 Å². The van der Waals surface area contributed by atoms with Gasteiger partial charge in [0.1, 0.15) is 11.5 Å². The van der Waals surface area contributed by atoms with Crippen LogP contribution in [0.25, 0.3) is 0 Å². The molecule has 0 bridgehead atoms. The summed E-state index contributed by atoms with van der Waals surface area (Å²) in [6, 6.07) is 4.81. The molecule has 0 aromatic heterocycles.